The highest BCUT2D eigenvalue weighted by atomic mass is 19.4. The van der Waals surface area contributed by atoms with Crippen molar-refractivity contribution in [2.45, 2.75) is 38.3 Å². The molecule has 0 bridgehead atoms. The van der Waals surface area contributed by atoms with E-state index in [1.165, 1.54) is 62.2 Å². The Balaban J connectivity index is 1.59. The quantitative estimate of drug-likeness (QED) is 0.412. The van der Waals surface area contributed by atoms with Gasteiger partial charge in [-0.3, -0.25) is 19.4 Å². The lowest BCUT2D eigenvalue weighted by molar-refractivity contribution is -0.274. The number of nitrogens with one attached hydrogen (secondary N) is 2. The van der Waals surface area contributed by atoms with Crippen LogP contribution in [0, 0.1) is 5.82 Å². The first-order chi connectivity index (χ1) is 19.2. The van der Waals surface area contributed by atoms with Gasteiger partial charge in [-0.25, -0.2) is 4.39 Å². The Morgan fingerprint density at radius 1 is 0.976 bits per heavy atom. The molecule has 1 heterocycles. The Morgan fingerprint density at radius 3 is 2.24 bits per heavy atom. The van der Waals surface area contributed by atoms with Gasteiger partial charge in [-0.1, -0.05) is 30.3 Å². The Labute approximate surface area is 233 Å². The van der Waals surface area contributed by atoms with E-state index in [-0.39, 0.29) is 17.7 Å². The molecule has 3 aromatic carbocycles. The molecule has 0 fully saturated rings. The van der Waals surface area contributed by atoms with Gasteiger partial charge in [-0.05, 0) is 61.9 Å². The number of amides is 3. The SMILES string of the molecule is CN1C(=O)C(NC(=O)C(C)(C)NC(=O)c2ccc(F)cc2)N=C(Cc2ccc(OC(F)(F)F)cc2)c2ccccc21. The molecule has 214 valence electrons. The Hall–Kier alpha value is -4.74. The Kier molecular flexibility index (Phi) is 8.13. The van der Waals surface area contributed by atoms with E-state index >= 15 is 0 Å². The van der Waals surface area contributed by atoms with Gasteiger partial charge in [0.2, 0.25) is 12.1 Å². The lowest BCUT2D eigenvalue weighted by atomic mass is 10.00. The summed E-state index contributed by atoms with van der Waals surface area (Å²) < 4.78 is 54.8. The van der Waals surface area contributed by atoms with E-state index in [4.69, 9.17) is 0 Å². The third kappa shape index (κ3) is 7.07. The van der Waals surface area contributed by atoms with Crippen molar-refractivity contribution >= 4 is 29.1 Å². The molecule has 3 amide bonds. The number of nitrogens with zero attached hydrogens (tertiary/aromatic N) is 2. The van der Waals surface area contributed by atoms with Gasteiger partial charge in [0.05, 0.1) is 11.4 Å². The van der Waals surface area contributed by atoms with Crippen molar-refractivity contribution in [1.82, 2.24) is 10.6 Å². The summed E-state index contributed by atoms with van der Waals surface area (Å²) in [6.45, 7) is 2.89. The first kappa shape index (κ1) is 29.2. The topological polar surface area (TPSA) is 100 Å². The number of anilines is 1. The first-order valence-corrected chi connectivity index (χ1v) is 12.4. The van der Waals surface area contributed by atoms with Crippen molar-refractivity contribution in [1.29, 1.82) is 0 Å². The zero-order chi connectivity index (χ0) is 29.9. The molecule has 3 aromatic rings. The Bertz CT molecular complexity index is 1490. The van der Waals surface area contributed by atoms with E-state index < -0.39 is 41.6 Å². The van der Waals surface area contributed by atoms with Crippen LogP contribution in [0.5, 0.6) is 5.75 Å². The zero-order valence-corrected chi connectivity index (χ0v) is 22.3. The van der Waals surface area contributed by atoms with Gasteiger partial charge in [-0.2, -0.15) is 0 Å². The fraction of sp³-hybridized carbons (Fsp3) is 0.241. The van der Waals surface area contributed by atoms with E-state index in [2.05, 4.69) is 20.4 Å². The van der Waals surface area contributed by atoms with Crippen LogP contribution in [0.4, 0.5) is 23.2 Å². The fourth-order valence-corrected chi connectivity index (χ4v) is 4.15. The Morgan fingerprint density at radius 2 is 1.61 bits per heavy atom. The maximum atomic E-state index is 13.4. The summed E-state index contributed by atoms with van der Waals surface area (Å²) in [5.41, 5.74) is 0.754. The van der Waals surface area contributed by atoms with Gasteiger partial charge in [0, 0.05) is 24.6 Å². The van der Waals surface area contributed by atoms with Crippen LogP contribution >= 0.6 is 0 Å². The van der Waals surface area contributed by atoms with Crippen molar-refractivity contribution in [3.05, 3.63) is 95.3 Å². The molecule has 1 aliphatic rings. The average Bonchev–Trinajstić information content (AvgIpc) is 3.00. The molecule has 0 saturated carbocycles. The number of ether oxygens (including phenoxy) is 1. The molecule has 41 heavy (non-hydrogen) atoms. The van der Waals surface area contributed by atoms with Crippen LogP contribution in [0.2, 0.25) is 0 Å². The molecule has 8 nitrogen and oxygen atoms in total. The third-order valence-corrected chi connectivity index (χ3v) is 6.32. The lowest BCUT2D eigenvalue weighted by Gasteiger charge is -2.28. The van der Waals surface area contributed by atoms with Gasteiger partial charge in [0.1, 0.15) is 17.1 Å². The molecule has 0 aromatic heterocycles. The second-order valence-electron chi connectivity index (χ2n) is 9.82. The van der Waals surface area contributed by atoms with Crippen LogP contribution in [-0.4, -0.2) is 48.5 Å². The van der Waals surface area contributed by atoms with Gasteiger partial charge in [0.25, 0.3) is 11.8 Å². The van der Waals surface area contributed by atoms with Crippen molar-refractivity contribution in [2.24, 2.45) is 4.99 Å². The van der Waals surface area contributed by atoms with Crippen LogP contribution in [0.3, 0.4) is 0 Å². The molecular formula is C29H26F4N4O4. The summed E-state index contributed by atoms with van der Waals surface area (Å²) in [6, 6.07) is 17.0. The summed E-state index contributed by atoms with van der Waals surface area (Å²) in [5, 5.41) is 5.17. The van der Waals surface area contributed by atoms with E-state index in [0.717, 1.165) is 12.1 Å². The highest BCUT2D eigenvalue weighted by molar-refractivity contribution is 6.14. The molecule has 1 aliphatic heterocycles. The smallest absolute Gasteiger partial charge is 0.406 e. The number of hydrogen-bond acceptors (Lipinski definition) is 5. The molecule has 4 rings (SSSR count). The molecular weight excluding hydrogens is 544 g/mol. The van der Waals surface area contributed by atoms with Crippen LogP contribution in [0.15, 0.2) is 77.8 Å². The second-order valence-corrected chi connectivity index (χ2v) is 9.82. The van der Waals surface area contributed by atoms with Crippen molar-refractivity contribution < 1.29 is 36.7 Å². The highest BCUT2D eigenvalue weighted by Gasteiger charge is 2.36. The molecule has 1 unspecified atom stereocenters. The second kappa shape index (κ2) is 11.4. The monoisotopic (exact) mass is 570 g/mol. The summed E-state index contributed by atoms with van der Waals surface area (Å²) >= 11 is 0. The number of fused-ring (bicyclic) bond motifs is 1. The number of benzene rings is 3. The maximum Gasteiger partial charge on any atom is 0.573 e. The highest BCUT2D eigenvalue weighted by Crippen LogP contribution is 2.27. The standard InChI is InChI=1S/C29H26F4N4O4/c1-28(2,36-25(38)18-10-12-19(30)13-11-18)27(40)35-24-26(39)37(3)23-7-5-4-6-21(23)22(34-24)16-17-8-14-20(15-9-17)41-29(31,32)33/h4-15,24H,16H2,1-3H3,(H,35,40)(H,36,38). The van der Waals surface area contributed by atoms with Crippen LogP contribution in [-0.2, 0) is 16.0 Å². The minimum absolute atomic E-state index is 0.126. The summed E-state index contributed by atoms with van der Waals surface area (Å²) in [5.74, 6) is -2.77. The largest absolute Gasteiger partial charge is 0.573 e. The molecule has 2 N–H and O–H groups in total. The van der Waals surface area contributed by atoms with E-state index in [9.17, 15) is 31.9 Å². The van der Waals surface area contributed by atoms with Crippen LogP contribution < -0.4 is 20.3 Å². The van der Waals surface area contributed by atoms with Gasteiger partial charge in [0.15, 0.2) is 0 Å². The lowest BCUT2D eigenvalue weighted by Crippen LogP contribution is -2.58. The van der Waals surface area contributed by atoms with E-state index in [1.54, 1.807) is 24.3 Å². The number of hydrogen-bond donors (Lipinski definition) is 2. The molecule has 0 spiro atoms. The molecule has 12 heteroatoms. The molecule has 0 aliphatic carbocycles. The summed E-state index contributed by atoms with van der Waals surface area (Å²) in [7, 11) is 1.53. The number of halogens is 4. The fourth-order valence-electron chi connectivity index (χ4n) is 4.15. The molecule has 0 saturated heterocycles. The maximum absolute atomic E-state index is 13.4. The van der Waals surface area contributed by atoms with Gasteiger partial charge < -0.3 is 20.3 Å². The summed E-state index contributed by atoms with van der Waals surface area (Å²) in [6.07, 6.45) is -6.07. The van der Waals surface area contributed by atoms with E-state index in [1.807, 2.05) is 0 Å². The number of rotatable bonds is 7. The van der Waals surface area contributed by atoms with Gasteiger partial charge in [-0.15, -0.1) is 13.2 Å². The van der Waals surface area contributed by atoms with Crippen molar-refractivity contribution in [2.75, 3.05) is 11.9 Å². The van der Waals surface area contributed by atoms with Crippen LogP contribution in [0.25, 0.3) is 0 Å². The number of benzodiazepines with no additional fused rings is 1. The number of para-hydroxylation sites is 1. The van der Waals surface area contributed by atoms with E-state index in [0.29, 0.717) is 22.5 Å². The number of carbonyl (C=O) groups is 3. The normalized spacial score (nSPS) is 15.4. The molecule has 0 radical (unpaired) electrons. The minimum atomic E-state index is -4.82. The first-order valence-electron chi connectivity index (χ1n) is 12.4. The average molecular weight is 571 g/mol. The van der Waals surface area contributed by atoms with Crippen molar-refractivity contribution in [3.8, 4) is 5.75 Å². The zero-order valence-electron chi connectivity index (χ0n) is 22.3. The predicted octanol–water partition coefficient (Wildman–Crippen LogP) is 4.38. The number of carbonyl (C=O) groups excluding carboxylic acids is 3. The van der Waals surface area contributed by atoms with Gasteiger partial charge >= 0.3 is 6.36 Å². The predicted molar refractivity (Wildman–Crippen MR) is 143 cm³/mol. The number of likely N-dealkylation sites (N-methyl/N-ethyl adjacent to an activating group) is 1. The number of alkyl halides is 3. The molecule has 1 atom stereocenters. The number of aliphatic imine (C=N–C) groups is 1. The van der Waals surface area contributed by atoms with Crippen molar-refractivity contribution in [3.63, 3.8) is 0 Å². The van der Waals surface area contributed by atoms with Crippen LogP contribution in [0.1, 0.15) is 35.3 Å². The summed E-state index contributed by atoms with van der Waals surface area (Å²) in [4.78, 5) is 45.2. The minimum Gasteiger partial charge on any atom is -0.406 e. The third-order valence-electron chi connectivity index (χ3n) is 6.32.